The Balaban J connectivity index is 3.02. The van der Waals surface area contributed by atoms with E-state index in [2.05, 4.69) is 6.58 Å². The smallest absolute Gasteiger partial charge is 0.354 e. The second-order valence-electron chi connectivity index (χ2n) is 4.57. The Morgan fingerprint density at radius 3 is 2.62 bits per heavy atom. The molecule has 0 amide bonds. The first kappa shape index (κ1) is 16.7. The summed E-state index contributed by atoms with van der Waals surface area (Å²) >= 11 is 0. The molecule has 6 heteroatoms. The van der Waals surface area contributed by atoms with E-state index in [-0.39, 0.29) is 11.3 Å². The summed E-state index contributed by atoms with van der Waals surface area (Å²) in [7, 11) is 0. The molecule has 1 atom stereocenters. The summed E-state index contributed by atoms with van der Waals surface area (Å²) in [6.07, 6.45) is -1.00. The van der Waals surface area contributed by atoms with Crippen LogP contribution in [0.15, 0.2) is 36.4 Å². The van der Waals surface area contributed by atoms with E-state index in [1.807, 2.05) is 6.92 Å². The van der Waals surface area contributed by atoms with Crippen LogP contribution in [0.1, 0.15) is 20.3 Å². The molecule has 1 rings (SSSR count). The third kappa shape index (κ3) is 4.61. The number of carboxylic acids is 1. The van der Waals surface area contributed by atoms with Crippen molar-refractivity contribution in [1.82, 2.24) is 0 Å². The number of benzene rings is 1. The Morgan fingerprint density at radius 2 is 2.10 bits per heavy atom. The maximum absolute atomic E-state index is 11.5. The summed E-state index contributed by atoms with van der Waals surface area (Å²) in [5, 5.41) is 18.7. The molecule has 114 valence electrons. The summed E-state index contributed by atoms with van der Waals surface area (Å²) in [6.45, 7) is 7.24. The zero-order chi connectivity index (χ0) is 16.0. The lowest BCUT2D eigenvalue weighted by molar-refractivity contribution is -0.146. The number of hydrogen-bond acceptors (Lipinski definition) is 5. The molecular formula is C15H19NO5. The molecule has 0 aliphatic heterocycles. The molecule has 0 saturated heterocycles. The summed E-state index contributed by atoms with van der Waals surface area (Å²) < 4.78 is 5.09. The molecule has 0 spiro atoms. The van der Waals surface area contributed by atoms with Crippen LogP contribution in [0.2, 0.25) is 0 Å². The van der Waals surface area contributed by atoms with Gasteiger partial charge in [0.2, 0.25) is 6.23 Å². The first-order chi connectivity index (χ1) is 9.86. The average molecular weight is 293 g/mol. The maximum Gasteiger partial charge on any atom is 0.354 e. The number of carboxylic acid groups (broad SMARTS) is 1. The number of anilines is 1. The second kappa shape index (κ2) is 7.44. The van der Waals surface area contributed by atoms with Gasteiger partial charge in [-0.3, -0.25) is 0 Å². The molecule has 1 aromatic rings. The van der Waals surface area contributed by atoms with Crippen LogP contribution in [-0.4, -0.2) is 34.9 Å². The molecule has 1 aromatic carbocycles. The number of rotatable bonds is 7. The number of aliphatic carboxylic acids is 1. The fourth-order valence-electron chi connectivity index (χ4n) is 1.69. The van der Waals surface area contributed by atoms with E-state index >= 15 is 0 Å². The van der Waals surface area contributed by atoms with Gasteiger partial charge in [0.15, 0.2) is 0 Å². The van der Waals surface area contributed by atoms with E-state index in [0.29, 0.717) is 18.7 Å². The van der Waals surface area contributed by atoms with Crippen LogP contribution in [-0.2, 0) is 9.59 Å². The number of aliphatic hydroxyl groups excluding tert-OH is 1. The van der Waals surface area contributed by atoms with Gasteiger partial charge in [-0.2, -0.15) is 0 Å². The van der Waals surface area contributed by atoms with Gasteiger partial charge in [-0.1, -0.05) is 19.6 Å². The minimum Gasteiger partial charge on any atom is -0.478 e. The van der Waals surface area contributed by atoms with Gasteiger partial charge >= 0.3 is 11.9 Å². The van der Waals surface area contributed by atoms with E-state index in [1.165, 1.54) is 17.9 Å². The molecule has 21 heavy (non-hydrogen) atoms. The second-order valence-corrected chi connectivity index (χ2v) is 4.57. The Morgan fingerprint density at radius 1 is 1.43 bits per heavy atom. The molecule has 0 aliphatic rings. The summed E-state index contributed by atoms with van der Waals surface area (Å²) in [6, 6.07) is 6.33. The number of nitrogens with zero attached hydrogens (tertiary/aromatic N) is 1. The molecule has 0 aromatic heterocycles. The Labute approximate surface area is 123 Å². The van der Waals surface area contributed by atoms with Gasteiger partial charge in [0.1, 0.15) is 5.75 Å². The summed E-state index contributed by atoms with van der Waals surface area (Å²) in [5.41, 5.74) is 0.718. The van der Waals surface area contributed by atoms with Crippen LogP contribution in [0.5, 0.6) is 5.75 Å². The number of esters is 1. The van der Waals surface area contributed by atoms with Crippen molar-refractivity contribution in [3.8, 4) is 5.75 Å². The highest BCUT2D eigenvalue weighted by atomic mass is 16.5. The lowest BCUT2D eigenvalue weighted by Gasteiger charge is -2.27. The van der Waals surface area contributed by atoms with Gasteiger partial charge in [-0.05, 0) is 25.5 Å². The van der Waals surface area contributed by atoms with Crippen molar-refractivity contribution >= 4 is 17.6 Å². The van der Waals surface area contributed by atoms with Crippen LogP contribution in [0, 0.1) is 0 Å². The topological polar surface area (TPSA) is 87.1 Å². The van der Waals surface area contributed by atoms with Gasteiger partial charge < -0.3 is 19.8 Å². The molecule has 0 bridgehead atoms. The number of ether oxygens (including phenoxy) is 1. The van der Waals surface area contributed by atoms with Gasteiger partial charge in [-0.15, -0.1) is 0 Å². The zero-order valence-corrected chi connectivity index (χ0v) is 12.1. The Bertz CT molecular complexity index is 541. The zero-order valence-electron chi connectivity index (χ0n) is 12.1. The number of carbonyl (C=O) groups is 2. The van der Waals surface area contributed by atoms with Crippen LogP contribution in [0.3, 0.4) is 0 Å². The van der Waals surface area contributed by atoms with Crippen molar-refractivity contribution in [2.24, 2.45) is 0 Å². The molecular weight excluding hydrogens is 274 g/mol. The number of aliphatic hydroxyl groups is 1. The van der Waals surface area contributed by atoms with Gasteiger partial charge in [0, 0.05) is 23.9 Å². The van der Waals surface area contributed by atoms with Gasteiger partial charge in [0.05, 0.1) is 0 Å². The van der Waals surface area contributed by atoms with Crippen molar-refractivity contribution in [2.45, 2.75) is 26.5 Å². The first-order valence-electron chi connectivity index (χ1n) is 6.52. The van der Waals surface area contributed by atoms with E-state index < -0.39 is 18.2 Å². The fraction of sp³-hybridized carbons (Fsp3) is 0.333. The van der Waals surface area contributed by atoms with Crippen LogP contribution in [0.25, 0.3) is 0 Å². The molecule has 2 N–H and O–H groups in total. The van der Waals surface area contributed by atoms with Crippen LogP contribution in [0.4, 0.5) is 5.69 Å². The lowest BCUT2D eigenvalue weighted by Crippen LogP contribution is -2.41. The van der Waals surface area contributed by atoms with E-state index in [9.17, 15) is 14.7 Å². The van der Waals surface area contributed by atoms with Gasteiger partial charge in [0.25, 0.3) is 0 Å². The average Bonchev–Trinajstić information content (AvgIpc) is 2.44. The van der Waals surface area contributed by atoms with E-state index in [0.717, 1.165) is 0 Å². The quantitative estimate of drug-likeness (QED) is 0.345. The maximum atomic E-state index is 11.5. The third-order valence-corrected chi connectivity index (χ3v) is 2.69. The molecule has 6 nitrogen and oxygen atoms in total. The minimum absolute atomic E-state index is 0.261. The predicted octanol–water partition coefficient (Wildman–Crippen LogP) is 1.79. The van der Waals surface area contributed by atoms with Crippen molar-refractivity contribution in [3.63, 3.8) is 0 Å². The SMILES string of the molecule is C=C(C)C(=O)Oc1cccc(N(CCC)C(O)C(=O)O)c1. The lowest BCUT2D eigenvalue weighted by atomic mass is 10.2. The standard InChI is InChI=1S/C15H19NO5/c1-4-8-16(13(17)14(18)19)11-6-5-7-12(9-11)21-15(20)10(2)3/h5-7,9,13,17H,2,4,8H2,1,3H3,(H,18,19). The number of carbonyl (C=O) groups excluding carboxylic acids is 1. The first-order valence-corrected chi connectivity index (χ1v) is 6.52. The molecule has 0 radical (unpaired) electrons. The monoisotopic (exact) mass is 293 g/mol. The largest absolute Gasteiger partial charge is 0.478 e. The van der Waals surface area contributed by atoms with Crippen molar-refractivity contribution < 1.29 is 24.5 Å². The van der Waals surface area contributed by atoms with Crippen LogP contribution < -0.4 is 9.64 Å². The molecule has 0 fully saturated rings. The normalized spacial score (nSPS) is 11.6. The predicted molar refractivity (Wildman–Crippen MR) is 78.2 cm³/mol. The highest BCUT2D eigenvalue weighted by Crippen LogP contribution is 2.23. The van der Waals surface area contributed by atoms with E-state index in [1.54, 1.807) is 18.2 Å². The van der Waals surface area contributed by atoms with Crippen molar-refractivity contribution in [3.05, 3.63) is 36.4 Å². The minimum atomic E-state index is -1.66. The third-order valence-electron chi connectivity index (χ3n) is 2.69. The fourth-order valence-corrected chi connectivity index (χ4v) is 1.69. The Hall–Kier alpha value is -2.34. The molecule has 0 saturated carbocycles. The highest BCUT2D eigenvalue weighted by Gasteiger charge is 2.22. The highest BCUT2D eigenvalue weighted by molar-refractivity contribution is 5.89. The van der Waals surface area contributed by atoms with Crippen LogP contribution >= 0.6 is 0 Å². The van der Waals surface area contributed by atoms with E-state index in [4.69, 9.17) is 9.84 Å². The molecule has 0 heterocycles. The summed E-state index contributed by atoms with van der Waals surface area (Å²) in [5.74, 6) is -1.64. The van der Waals surface area contributed by atoms with Gasteiger partial charge in [-0.25, -0.2) is 9.59 Å². The summed E-state index contributed by atoms with van der Waals surface area (Å²) in [4.78, 5) is 23.8. The van der Waals surface area contributed by atoms with Crippen molar-refractivity contribution in [1.29, 1.82) is 0 Å². The molecule has 0 aliphatic carbocycles. The Kier molecular flexibility index (Phi) is 5.92. The van der Waals surface area contributed by atoms with Crippen molar-refractivity contribution in [2.75, 3.05) is 11.4 Å². The molecule has 1 unspecified atom stereocenters. The number of hydrogen-bond donors (Lipinski definition) is 2.